The van der Waals surface area contributed by atoms with Crippen molar-refractivity contribution in [1.29, 1.82) is 5.26 Å². The van der Waals surface area contributed by atoms with Gasteiger partial charge in [0.05, 0.1) is 51.1 Å². The third-order valence-corrected chi connectivity index (χ3v) is 14.8. The van der Waals surface area contributed by atoms with Crippen molar-refractivity contribution in [2.75, 3.05) is 37.0 Å². The molecule has 1 saturated heterocycles. The van der Waals surface area contributed by atoms with Crippen LogP contribution in [0.25, 0.3) is 22.3 Å². The van der Waals surface area contributed by atoms with E-state index in [-0.39, 0.29) is 84.1 Å². The number of rotatable bonds is 16. The highest BCUT2D eigenvalue weighted by molar-refractivity contribution is 8.00. The first kappa shape index (κ1) is 41.0. The number of nitrogens with one attached hydrogen (secondary N) is 3. The van der Waals surface area contributed by atoms with Crippen molar-refractivity contribution in [2.24, 2.45) is 29.1 Å². The third-order valence-electron chi connectivity index (χ3n) is 11.6. The van der Waals surface area contributed by atoms with E-state index in [1.54, 1.807) is 35.2 Å². The average molecular weight is 848 g/mol. The number of carbonyl (C=O) groups is 1. The molecular formula is C38H46N11O8PS. The van der Waals surface area contributed by atoms with E-state index in [1.807, 2.05) is 44.4 Å². The first-order chi connectivity index (χ1) is 28.4. The van der Waals surface area contributed by atoms with Crippen molar-refractivity contribution in [3.63, 3.8) is 0 Å². The van der Waals surface area contributed by atoms with Crippen LogP contribution < -0.4 is 16.2 Å². The van der Waals surface area contributed by atoms with Crippen LogP contribution in [0.2, 0.25) is 0 Å². The summed E-state index contributed by atoms with van der Waals surface area (Å²) in [6.45, 7) is 7.76. The van der Waals surface area contributed by atoms with E-state index < -0.39 is 42.3 Å². The number of nitriles is 1. The monoisotopic (exact) mass is 847 g/mol. The number of thioether (sulfide) groups is 1. The number of imidazole rings is 2. The first-order valence-electron chi connectivity index (χ1n) is 19.5. The first-order valence-corrected chi connectivity index (χ1v) is 21.9. The lowest BCUT2D eigenvalue weighted by Crippen LogP contribution is -2.31. The highest BCUT2D eigenvalue weighted by Gasteiger charge is 2.71. The Balaban J connectivity index is 1.04. The van der Waals surface area contributed by atoms with Gasteiger partial charge in [0.2, 0.25) is 5.95 Å². The number of carbonyl (C=O) groups excluding carboxylic acids is 1. The number of anilines is 2. The van der Waals surface area contributed by atoms with Gasteiger partial charge < -0.3 is 25.4 Å². The molecule has 10 atom stereocenters. The lowest BCUT2D eigenvalue weighted by Gasteiger charge is -2.29. The van der Waals surface area contributed by atoms with Gasteiger partial charge in [0.1, 0.15) is 17.8 Å². The number of aromatic nitrogens is 8. The fraction of sp³-hybridized carbons (Fsp3) is 0.526. The number of fused-ring (bicyclic) bond motifs is 3. The van der Waals surface area contributed by atoms with Crippen molar-refractivity contribution in [2.45, 2.75) is 69.4 Å². The predicted molar refractivity (Wildman–Crippen MR) is 217 cm³/mol. The highest BCUT2D eigenvalue weighted by Crippen LogP contribution is 2.71. The average Bonchev–Trinajstić information content (AvgIpc) is 3.47. The number of nitrogens with zero attached hydrogens (tertiary/aromatic N) is 8. The van der Waals surface area contributed by atoms with Gasteiger partial charge in [-0.1, -0.05) is 45.9 Å². The summed E-state index contributed by atoms with van der Waals surface area (Å²) >= 11 is 1.36. The lowest BCUT2D eigenvalue weighted by molar-refractivity contribution is 0.00725. The molecule has 0 radical (unpaired) electrons. The Labute approximate surface area is 342 Å². The van der Waals surface area contributed by atoms with Crippen LogP contribution in [0, 0.1) is 40.4 Å². The Kier molecular flexibility index (Phi) is 11.4. The Morgan fingerprint density at radius 2 is 1.86 bits per heavy atom. The molecule has 5 aromatic rings. The molecule has 1 amide bonds. The molecule has 3 aliphatic rings. The van der Waals surface area contributed by atoms with Crippen LogP contribution in [-0.4, -0.2) is 99.0 Å². The van der Waals surface area contributed by atoms with Crippen LogP contribution in [0.15, 0.2) is 54.1 Å². The number of aliphatic hydroxyl groups excluding tert-OH is 2. The lowest BCUT2D eigenvalue weighted by atomic mass is 9.94. The number of amides is 1. The van der Waals surface area contributed by atoms with Gasteiger partial charge in [-0.25, -0.2) is 24.5 Å². The standard InChI is InChI=1S/C38H46N11O8PS/c1-20(2)14-40-37-46-33-27(35(53)47-37)44-19-49(33)36-29(21(3)25(15-50)59-36)57-58(54,55-12-8-11-39)56-16-38-13-24(38)28(22(4)30(38)51)48-18-43-26-31(41-17-42-32(26)48)45-34(52)23-9-6-5-7-10-23/h5-7,9-10,17-22,24-25,28-30,36,50-51H,8,12-16H2,1-4H3,(H2,40,46,47,53)(H,41,42,45,52)/t21-,22+,24-,25-,28+,29-,30+,36-,38-,58?/m1/s1. The van der Waals surface area contributed by atoms with E-state index in [2.05, 4.69) is 40.5 Å². The van der Waals surface area contributed by atoms with Crippen LogP contribution in [0.1, 0.15) is 62.3 Å². The summed E-state index contributed by atoms with van der Waals surface area (Å²) in [6, 6.07) is 10.5. The number of hydrogen-bond acceptors (Lipinski definition) is 16. The normalized spacial score (nSPS) is 28.4. The molecule has 21 heteroatoms. The zero-order valence-electron chi connectivity index (χ0n) is 32.8. The maximum Gasteiger partial charge on any atom is 0.475 e. The van der Waals surface area contributed by atoms with Crippen molar-refractivity contribution in [3.8, 4) is 6.07 Å². The molecule has 59 heavy (non-hydrogen) atoms. The van der Waals surface area contributed by atoms with Crippen molar-refractivity contribution >= 4 is 59.6 Å². The number of benzene rings is 1. The summed E-state index contributed by atoms with van der Waals surface area (Å²) in [7, 11) is -4.46. The minimum atomic E-state index is -4.46. The number of phosphoric ester groups is 1. The number of aliphatic hydroxyl groups is 2. The smallest absolute Gasteiger partial charge is 0.395 e. The molecule has 3 fully saturated rings. The van der Waals surface area contributed by atoms with Gasteiger partial charge in [-0.3, -0.25) is 32.7 Å². The second kappa shape index (κ2) is 16.4. The van der Waals surface area contributed by atoms with Crippen LogP contribution in [0.5, 0.6) is 0 Å². The third kappa shape index (κ3) is 7.65. The molecule has 8 rings (SSSR count). The van der Waals surface area contributed by atoms with Gasteiger partial charge >= 0.3 is 7.82 Å². The van der Waals surface area contributed by atoms with E-state index in [0.717, 1.165) is 0 Å². The maximum atomic E-state index is 14.7. The second-order valence-electron chi connectivity index (χ2n) is 15.9. The van der Waals surface area contributed by atoms with Gasteiger partial charge in [0.15, 0.2) is 28.1 Å². The molecular weight excluding hydrogens is 802 g/mol. The van der Waals surface area contributed by atoms with E-state index in [9.17, 15) is 29.6 Å². The Morgan fingerprint density at radius 3 is 2.61 bits per heavy atom. The topological polar surface area (TPSA) is 257 Å². The summed E-state index contributed by atoms with van der Waals surface area (Å²) in [5.74, 6) is -0.375. The molecule has 0 spiro atoms. The quantitative estimate of drug-likeness (QED) is 0.0676. The van der Waals surface area contributed by atoms with Crippen molar-refractivity contribution in [1.82, 2.24) is 39.0 Å². The van der Waals surface area contributed by atoms with Crippen molar-refractivity contribution < 1.29 is 33.1 Å². The second-order valence-corrected chi connectivity index (χ2v) is 18.8. The molecule has 4 aromatic heterocycles. The Hall–Kier alpha value is -4.74. The molecule has 5 N–H and O–H groups in total. The maximum absolute atomic E-state index is 14.7. The summed E-state index contributed by atoms with van der Waals surface area (Å²) in [5.41, 5.74) is 0.460. The van der Waals surface area contributed by atoms with Gasteiger partial charge in [0.25, 0.3) is 11.5 Å². The van der Waals surface area contributed by atoms with Crippen LogP contribution >= 0.6 is 19.6 Å². The van der Waals surface area contributed by atoms with Gasteiger partial charge in [-0.05, 0) is 36.3 Å². The molecule has 0 bridgehead atoms. The molecule has 312 valence electrons. The van der Waals surface area contributed by atoms with E-state index in [0.29, 0.717) is 29.7 Å². The fourth-order valence-electron chi connectivity index (χ4n) is 8.44. The summed E-state index contributed by atoms with van der Waals surface area (Å²) < 4.78 is 36.6. The summed E-state index contributed by atoms with van der Waals surface area (Å²) in [5, 5.41) is 36.4. The SMILES string of the molecule is CC(C)CNc1nc2c(ncn2[C@@H]2S[C@H](CO)[C@@H](C)[C@H]2OP(=O)(OCCC#N)OC[C@]23C[C@@H]2[C@@H](n2cnc4c(NC(=O)c5ccccc5)ncnc42)[C@H](C)[C@@H]3O)c(=O)[nH]1. The molecule has 1 aromatic carbocycles. The van der Waals surface area contributed by atoms with E-state index in [4.69, 9.17) is 13.6 Å². The number of aromatic amines is 1. The molecule has 2 aliphatic carbocycles. The fourth-order valence-corrected chi connectivity index (χ4v) is 11.6. The predicted octanol–water partition coefficient (Wildman–Crippen LogP) is 4.52. The largest absolute Gasteiger partial charge is 0.475 e. The summed E-state index contributed by atoms with van der Waals surface area (Å²) in [6.07, 6.45) is 3.12. The van der Waals surface area contributed by atoms with Crippen molar-refractivity contribution in [3.05, 3.63) is 65.2 Å². The minimum Gasteiger partial charge on any atom is -0.395 e. The van der Waals surface area contributed by atoms with Crippen LogP contribution in [-0.2, 0) is 18.1 Å². The zero-order valence-corrected chi connectivity index (χ0v) is 34.5. The Morgan fingerprint density at radius 1 is 1.10 bits per heavy atom. The molecule has 1 unspecified atom stereocenters. The van der Waals surface area contributed by atoms with Gasteiger partial charge in [-0.15, -0.1) is 11.8 Å². The van der Waals surface area contributed by atoms with Crippen LogP contribution in [0.3, 0.4) is 0 Å². The van der Waals surface area contributed by atoms with Gasteiger partial charge in [0, 0.05) is 34.7 Å². The zero-order chi connectivity index (χ0) is 41.6. The number of phosphoric acid groups is 1. The molecule has 1 aliphatic heterocycles. The Bertz CT molecular complexity index is 2490. The van der Waals surface area contributed by atoms with E-state index >= 15 is 0 Å². The molecule has 5 heterocycles. The van der Waals surface area contributed by atoms with Gasteiger partial charge in [-0.2, -0.15) is 10.2 Å². The van der Waals surface area contributed by atoms with E-state index in [1.165, 1.54) is 24.4 Å². The minimum absolute atomic E-state index is 0.0851. The molecule has 2 saturated carbocycles. The highest BCUT2D eigenvalue weighted by atomic mass is 32.2. The summed E-state index contributed by atoms with van der Waals surface area (Å²) in [4.78, 5) is 51.0. The molecule has 19 nitrogen and oxygen atoms in total. The number of H-pyrrole nitrogens is 1. The number of hydrogen-bond donors (Lipinski definition) is 5. The van der Waals surface area contributed by atoms with Crippen LogP contribution in [0.4, 0.5) is 11.8 Å².